The van der Waals surface area contributed by atoms with E-state index in [1.807, 2.05) is 24.3 Å². The minimum absolute atomic E-state index is 0.0552. The van der Waals surface area contributed by atoms with Crippen LogP contribution in [0.3, 0.4) is 0 Å². The predicted octanol–water partition coefficient (Wildman–Crippen LogP) is 2.06. The van der Waals surface area contributed by atoms with Crippen LogP contribution in [0.5, 0.6) is 0 Å². The lowest BCUT2D eigenvalue weighted by Gasteiger charge is -2.20. The normalized spacial score (nSPS) is 10.1. The summed E-state index contributed by atoms with van der Waals surface area (Å²) in [6, 6.07) is 12.6. The van der Waals surface area contributed by atoms with E-state index in [0.717, 1.165) is 5.76 Å². The van der Waals surface area contributed by atoms with E-state index in [0.29, 0.717) is 25.2 Å². The molecule has 110 valence electrons. The van der Waals surface area contributed by atoms with E-state index in [4.69, 9.17) is 4.42 Å². The molecule has 1 aromatic carbocycles. The number of benzene rings is 1. The van der Waals surface area contributed by atoms with Crippen LogP contribution >= 0.6 is 0 Å². The maximum absolute atomic E-state index is 11.9. The number of hydrogen-bond acceptors (Lipinski definition) is 3. The average Bonchev–Trinajstić information content (AvgIpc) is 3.00. The third-order valence-corrected chi connectivity index (χ3v) is 3.08. The van der Waals surface area contributed by atoms with Crippen LogP contribution in [0.25, 0.3) is 0 Å². The minimum Gasteiger partial charge on any atom is -0.467 e. The standard InChI is InChI=1S/C16H18N2O3/c1-13(19)18(12-15-8-5-11-21-15)10-9-17-16(20)14-6-3-2-4-7-14/h2-8,11H,9-10,12H2,1H3,(H,17,20). The number of nitrogens with zero attached hydrogens (tertiary/aromatic N) is 1. The molecule has 5 heteroatoms. The number of amides is 2. The number of hydrogen-bond donors (Lipinski definition) is 1. The predicted molar refractivity (Wildman–Crippen MR) is 78.6 cm³/mol. The third-order valence-electron chi connectivity index (χ3n) is 3.08. The van der Waals surface area contributed by atoms with Crippen molar-refractivity contribution in [1.29, 1.82) is 0 Å². The zero-order chi connectivity index (χ0) is 15.1. The summed E-state index contributed by atoms with van der Waals surface area (Å²) in [6.45, 7) is 2.74. The Morgan fingerprint density at radius 1 is 1.14 bits per heavy atom. The van der Waals surface area contributed by atoms with Gasteiger partial charge in [0, 0.05) is 25.6 Å². The molecule has 5 nitrogen and oxygen atoms in total. The van der Waals surface area contributed by atoms with Gasteiger partial charge in [-0.05, 0) is 24.3 Å². The molecule has 0 saturated carbocycles. The molecule has 0 aliphatic rings. The molecule has 0 unspecified atom stereocenters. The Labute approximate surface area is 123 Å². The lowest BCUT2D eigenvalue weighted by molar-refractivity contribution is -0.129. The monoisotopic (exact) mass is 286 g/mol. The molecule has 2 aromatic rings. The SMILES string of the molecule is CC(=O)N(CCNC(=O)c1ccccc1)Cc1ccco1. The van der Waals surface area contributed by atoms with E-state index in [9.17, 15) is 9.59 Å². The van der Waals surface area contributed by atoms with Gasteiger partial charge in [-0.15, -0.1) is 0 Å². The van der Waals surface area contributed by atoms with Crippen LogP contribution in [0.4, 0.5) is 0 Å². The molecule has 21 heavy (non-hydrogen) atoms. The fourth-order valence-corrected chi connectivity index (χ4v) is 1.93. The number of rotatable bonds is 6. The second kappa shape index (κ2) is 7.28. The lowest BCUT2D eigenvalue weighted by Crippen LogP contribution is -2.37. The first-order chi connectivity index (χ1) is 10.2. The van der Waals surface area contributed by atoms with Crippen LogP contribution in [0, 0.1) is 0 Å². The van der Waals surface area contributed by atoms with E-state index < -0.39 is 0 Å². The van der Waals surface area contributed by atoms with E-state index in [-0.39, 0.29) is 11.8 Å². The van der Waals surface area contributed by atoms with Gasteiger partial charge >= 0.3 is 0 Å². The van der Waals surface area contributed by atoms with Crippen molar-refractivity contribution in [2.24, 2.45) is 0 Å². The number of nitrogens with one attached hydrogen (secondary N) is 1. The van der Waals surface area contributed by atoms with E-state index in [1.165, 1.54) is 6.92 Å². The molecule has 0 radical (unpaired) electrons. The Hall–Kier alpha value is -2.56. The molecule has 2 amide bonds. The number of carbonyl (C=O) groups is 2. The van der Waals surface area contributed by atoms with Crippen LogP contribution in [0.1, 0.15) is 23.0 Å². The molecule has 0 fully saturated rings. The minimum atomic E-state index is -0.142. The summed E-state index contributed by atoms with van der Waals surface area (Å²) in [5, 5.41) is 2.80. The topological polar surface area (TPSA) is 62.6 Å². The summed E-state index contributed by atoms with van der Waals surface area (Å²) in [7, 11) is 0. The van der Waals surface area contributed by atoms with E-state index >= 15 is 0 Å². The van der Waals surface area contributed by atoms with Crippen molar-refractivity contribution in [2.45, 2.75) is 13.5 Å². The molecule has 2 rings (SSSR count). The summed E-state index contributed by atoms with van der Waals surface area (Å²) >= 11 is 0. The van der Waals surface area contributed by atoms with Crippen molar-refractivity contribution < 1.29 is 14.0 Å². The number of carbonyl (C=O) groups excluding carboxylic acids is 2. The molecule has 0 aliphatic carbocycles. The largest absolute Gasteiger partial charge is 0.467 e. The van der Waals surface area contributed by atoms with Crippen molar-refractivity contribution in [3.8, 4) is 0 Å². The van der Waals surface area contributed by atoms with Gasteiger partial charge in [0.2, 0.25) is 5.91 Å². The Balaban J connectivity index is 1.82. The molecule has 0 aliphatic heterocycles. The Morgan fingerprint density at radius 2 is 1.90 bits per heavy atom. The summed E-state index contributed by atoms with van der Waals surface area (Å²) < 4.78 is 5.23. The lowest BCUT2D eigenvalue weighted by atomic mass is 10.2. The van der Waals surface area contributed by atoms with Gasteiger partial charge in [0.1, 0.15) is 5.76 Å². The fraction of sp³-hybridized carbons (Fsp3) is 0.250. The van der Waals surface area contributed by atoms with Crippen LogP contribution < -0.4 is 5.32 Å². The summed E-state index contributed by atoms with van der Waals surface area (Å²) in [4.78, 5) is 25.1. The smallest absolute Gasteiger partial charge is 0.251 e. The van der Waals surface area contributed by atoms with Gasteiger partial charge in [0.25, 0.3) is 5.91 Å². The first-order valence-electron chi connectivity index (χ1n) is 6.78. The molecular weight excluding hydrogens is 268 g/mol. The fourth-order valence-electron chi connectivity index (χ4n) is 1.93. The Kier molecular flexibility index (Phi) is 5.15. The average molecular weight is 286 g/mol. The van der Waals surface area contributed by atoms with Crippen molar-refractivity contribution in [2.75, 3.05) is 13.1 Å². The highest BCUT2D eigenvalue weighted by atomic mass is 16.3. The highest BCUT2D eigenvalue weighted by molar-refractivity contribution is 5.94. The van der Waals surface area contributed by atoms with Gasteiger partial charge in [-0.25, -0.2) is 0 Å². The van der Waals surface area contributed by atoms with Crippen LogP contribution in [-0.4, -0.2) is 29.8 Å². The molecule has 1 N–H and O–H groups in total. The van der Waals surface area contributed by atoms with Crippen LogP contribution in [0.2, 0.25) is 0 Å². The number of furan rings is 1. The molecule has 0 saturated heterocycles. The van der Waals surface area contributed by atoms with Crippen LogP contribution in [-0.2, 0) is 11.3 Å². The van der Waals surface area contributed by atoms with Gasteiger partial charge in [0.15, 0.2) is 0 Å². The quantitative estimate of drug-likeness (QED) is 0.884. The Bertz CT molecular complexity index is 579. The van der Waals surface area contributed by atoms with E-state index in [1.54, 1.807) is 29.4 Å². The van der Waals surface area contributed by atoms with Crippen molar-refractivity contribution in [1.82, 2.24) is 10.2 Å². The van der Waals surface area contributed by atoms with Crippen LogP contribution in [0.15, 0.2) is 53.1 Å². The molecule has 1 heterocycles. The zero-order valence-corrected chi connectivity index (χ0v) is 11.9. The molecule has 1 aromatic heterocycles. The summed E-state index contributed by atoms with van der Waals surface area (Å²) in [6.07, 6.45) is 1.57. The second-order valence-electron chi connectivity index (χ2n) is 4.64. The van der Waals surface area contributed by atoms with Crippen molar-refractivity contribution >= 4 is 11.8 Å². The Morgan fingerprint density at radius 3 is 2.52 bits per heavy atom. The maximum Gasteiger partial charge on any atom is 0.251 e. The third kappa shape index (κ3) is 4.49. The highest BCUT2D eigenvalue weighted by Gasteiger charge is 2.11. The summed E-state index contributed by atoms with van der Waals surface area (Å²) in [5.41, 5.74) is 0.609. The summed E-state index contributed by atoms with van der Waals surface area (Å²) in [5.74, 6) is 0.525. The molecule has 0 atom stereocenters. The van der Waals surface area contributed by atoms with Gasteiger partial charge < -0.3 is 14.6 Å². The first kappa shape index (κ1) is 14.8. The van der Waals surface area contributed by atoms with Crippen molar-refractivity contribution in [3.05, 3.63) is 60.1 Å². The second-order valence-corrected chi connectivity index (χ2v) is 4.64. The van der Waals surface area contributed by atoms with Gasteiger partial charge in [-0.1, -0.05) is 18.2 Å². The first-order valence-corrected chi connectivity index (χ1v) is 6.78. The van der Waals surface area contributed by atoms with E-state index in [2.05, 4.69) is 5.32 Å². The molecular formula is C16H18N2O3. The van der Waals surface area contributed by atoms with Gasteiger partial charge in [-0.3, -0.25) is 9.59 Å². The molecule has 0 spiro atoms. The van der Waals surface area contributed by atoms with Gasteiger partial charge in [-0.2, -0.15) is 0 Å². The highest BCUT2D eigenvalue weighted by Crippen LogP contribution is 2.05. The van der Waals surface area contributed by atoms with Crippen molar-refractivity contribution in [3.63, 3.8) is 0 Å². The zero-order valence-electron chi connectivity index (χ0n) is 11.9. The molecule has 0 bridgehead atoms. The maximum atomic E-state index is 11.9. The van der Waals surface area contributed by atoms with Gasteiger partial charge in [0.05, 0.1) is 12.8 Å².